The van der Waals surface area contributed by atoms with Crippen LogP contribution in [0.1, 0.15) is 43.2 Å². The fraction of sp³-hybridized carbons (Fsp3) is 0.533. The summed E-state index contributed by atoms with van der Waals surface area (Å²) < 4.78 is 1.34. The molecule has 0 saturated carbocycles. The number of hydrogen-bond donors (Lipinski definition) is 1. The van der Waals surface area contributed by atoms with Crippen molar-refractivity contribution in [1.82, 2.24) is 10.3 Å². The lowest BCUT2D eigenvalue weighted by Gasteiger charge is -2.09. The molecule has 3 rings (SSSR count). The molecule has 0 aliphatic carbocycles. The third kappa shape index (κ3) is 2.43. The first-order valence-corrected chi connectivity index (χ1v) is 7.67. The summed E-state index contributed by atoms with van der Waals surface area (Å²) in [6, 6.07) is 7.44. The maximum absolute atomic E-state index is 4.69. The van der Waals surface area contributed by atoms with Crippen LogP contribution in [0.3, 0.4) is 0 Å². The molecular formula is C15H20N2S. The van der Waals surface area contributed by atoms with E-state index in [1.807, 2.05) is 11.3 Å². The minimum absolute atomic E-state index is 0.530. The van der Waals surface area contributed by atoms with Gasteiger partial charge in [0.25, 0.3) is 0 Å². The number of nitrogens with zero attached hydrogens (tertiary/aromatic N) is 1. The highest BCUT2D eigenvalue weighted by atomic mass is 32.1. The van der Waals surface area contributed by atoms with E-state index in [0.29, 0.717) is 12.0 Å². The fourth-order valence-electron chi connectivity index (χ4n) is 2.58. The van der Waals surface area contributed by atoms with Crippen LogP contribution >= 0.6 is 11.3 Å². The summed E-state index contributed by atoms with van der Waals surface area (Å²) in [7, 11) is 0. The minimum Gasteiger partial charge on any atom is -0.314 e. The Hall–Kier alpha value is -0.930. The second-order valence-corrected chi connectivity index (χ2v) is 6.57. The van der Waals surface area contributed by atoms with Gasteiger partial charge in [-0.3, -0.25) is 0 Å². The van der Waals surface area contributed by atoms with Crippen LogP contribution in [0.2, 0.25) is 0 Å². The number of thiazole rings is 1. The highest BCUT2D eigenvalue weighted by Gasteiger charge is 2.15. The highest BCUT2D eigenvalue weighted by molar-refractivity contribution is 7.18. The van der Waals surface area contributed by atoms with Crippen molar-refractivity contribution in [3.63, 3.8) is 0 Å². The van der Waals surface area contributed by atoms with Crippen molar-refractivity contribution in [2.75, 3.05) is 6.54 Å². The van der Waals surface area contributed by atoms with Crippen molar-refractivity contribution in [1.29, 1.82) is 0 Å². The zero-order valence-corrected chi connectivity index (χ0v) is 11.9. The van der Waals surface area contributed by atoms with Gasteiger partial charge in [0.2, 0.25) is 0 Å². The third-order valence-corrected chi connectivity index (χ3v) is 4.93. The molecule has 3 heteroatoms. The van der Waals surface area contributed by atoms with Crippen LogP contribution in [0.25, 0.3) is 10.2 Å². The van der Waals surface area contributed by atoms with E-state index >= 15 is 0 Å². The van der Waals surface area contributed by atoms with Crippen molar-refractivity contribution in [2.24, 2.45) is 0 Å². The van der Waals surface area contributed by atoms with Gasteiger partial charge in [0, 0.05) is 12.0 Å². The van der Waals surface area contributed by atoms with Crippen LogP contribution in [-0.2, 0) is 6.42 Å². The van der Waals surface area contributed by atoms with Crippen molar-refractivity contribution in [2.45, 2.75) is 45.1 Å². The first kappa shape index (κ1) is 12.1. The number of aromatic nitrogens is 1. The van der Waals surface area contributed by atoms with Crippen molar-refractivity contribution in [3.8, 4) is 0 Å². The monoisotopic (exact) mass is 260 g/mol. The molecule has 96 valence electrons. The van der Waals surface area contributed by atoms with Crippen LogP contribution in [-0.4, -0.2) is 17.6 Å². The van der Waals surface area contributed by atoms with Crippen LogP contribution < -0.4 is 5.32 Å². The van der Waals surface area contributed by atoms with Gasteiger partial charge in [-0.1, -0.05) is 19.9 Å². The molecule has 0 bridgehead atoms. The minimum atomic E-state index is 0.530. The predicted molar refractivity (Wildman–Crippen MR) is 78.4 cm³/mol. The third-order valence-electron chi connectivity index (χ3n) is 3.61. The lowest BCUT2D eigenvalue weighted by Crippen LogP contribution is -2.23. The molecule has 0 amide bonds. The van der Waals surface area contributed by atoms with E-state index < -0.39 is 0 Å². The zero-order chi connectivity index (χ0) is 12.5. The summed E-state index contributed by atoms with van der Waals surface area (Å²) in [6.45, 7) is 5.60. The lowest BCUT2D eigenvalue weighted by atomic mass is 10.0. The normalized spacial score (nSPS) is 20.1. The average Bonchev–Trinajstić information content (AvgIpc) is 2.96. The molecule has 1 aliphatic rings. The molecule has 1 unspecified atom stereocenters. The maximum atomic E-state index is 4.69. The Bertz CT molecular complexity index is 538. The van der Waals surface area contributed by atoms with E-state index in [-0.39, 0.29) is 0 Å². The molecule has 1 atom stereocenters. The summed E-state index contributed by atoms with van der Waals surface area (Å²) in [5.41, 5.74) is 2.60. The van der Waals surface area contributed by atoms with Crippen molar-refractivity contribution in [3.05, 3.63) is 28.8 Å². The number of hydrogen-bond acceptors (Lipinski definition) is 3. The smallest absolute Gasteiger partial charge is 0.0963 e. The van der Waals surface area contributed by atoms with E-state index in [4.69, 9.17) is 0 Å². The molecule has 0 spiro atoms. The number of nitrogens with one attached hydrogen (secondary N) is 1. The van der Waals surface area contributed by atoms with E-state index in [1.165, 1.54) is 34.7 Å². The Balaban J connectivity index is 1.85. The Morgan fingerprint density at radius 3 is 3.06 bits per heavy atom. The van der Waals surface area contributed by atoms with Gasteiger partial charge < -0.3 is 5.32 Å². The lowest BCUT2D eigenvalue weighted by molar-refractivity contribution is 0.603. The molecule has 1 aromatic heterocycles. The Labute approximate surface area is 112 Å². The van der Waals surface area contributed by atoms with E-state index in [0.717, 1.165) is 11.9 Å². The zero-order valence-electron chi connectivity index (χ0n) is 11.1. The molecule has 2 heterocycles. The summed E-state index contributed by atoms with van der Waals surface area (Å²) in [4.78, 5) is 4.69. The molecule has 18 heavy (non-hydrogen) atoms. The predicted octanol–water partition coefficient (Wildman–Crippen LogP) is 3.71. The Morgan fingerprint density at radius 2 is 2.33 bits per heavy atom. The van der Waals surface area contributed by atoms with Crippen LogP contribution in [0.15, 0.2) is 18.2 Å². The summed E-state index contributed by atoms with van der Waals surface area (Å²) in [5, 5.41) is 4.82. The van der Waals surface area contributed by atoms with Crippen LogP contribution in [0, 0.1) is 0 Å². The molecule has 2 aromatic rings. The number of fused-ring (bicyclic) bond motifs is 1. The Morgan fingerprint density at radius 1 is 1.44 bits per heavy atom. The molecule has 2 nitrogen and oxygen atoms in total. The van der Waals surface area contributed by atoms with Gasteiger partial charge >= 0.3 is 0 Å². The second-order valence-electron chi connectivity index (χ2n) is 5.51. The van der Waals surface area contributed by atoms with Crippen LogP contribution in [0.4, 0.5) is 0 Å². The molecule has 1 aromatic carbocycles. The second kappa shape index (κ2) is 4.98. The van der Waals surface area contributed by atoms with Crippen molar-refractivity contribution < 1.29 is 0 Å². The molecular weight excluding hydrogens is 240 g/mol. The quantitative estimate of drug-likeness (QED) is 0.910. The molecule has 1 fully saturated rings. The fourth-order valence-corrected chi connectivity index (χ4v) is 3.61. The van der Waals surface area contributed by atoms with E-state index in [2.05, 4.69) is 42.3 Å². The summed E-state index contributed by atoms with van der Waals surface area (Å²) >= 11 is 1.85. The number of benzene rings is 1. The maximum Gasteiger partial charge on any atom is 0.0963 e. The van der Waals surface area contributed by atoms with Gasteiger partial charge in [0.05, 0.1) is 15.2 Å². The van der Waals surface area contributed by atoms with Gasteiger partial charge in [-0.15, -0.1) is 11.3 Å². The first-order chi connectivity index (χ1) is 8.72. The molecule has 1 aliphatic heterocycles. The van der Waals surface area contributed by atoms with E-state index in [9.17, 15) is 0 Å². The first-order valence-electron chi connectivity index (χ1n) is 6.85. The molecule has 0 radical (unpaired) electrons. The van der Waals surface area contributed by atoms with Gasteiger partial charge in [-0.2, -0.15) is 0 Å². The Kier molecular flexibility index (Phi) is 3.35. The average molecular weight is 260 g/mol. The van der Waals surface area contributed by atoms with Gasteiger partial charge in [-0.25, -0.2) is 4.98 Å². The van der Waals surface area contributed by atoms with Gasteiger partial charge in [0.1, 0.15) is 0 Å². The SMILES string of the molecule is CC(C)c1nc2ccc(CC3CCCN3)cc2s1. The molecule has 1 N–H and O–H groups in total. The van der Waals surface area contributed by atoms with Crippen LogP contribution in [0.5, 0.6) is 0 Å². The van der Waals surface area contributed by atoms with Gasteiger partial charge in [-0.05, 0) is 43.5 Å². The van der Waals surface area contributed by atoms with E-state index in [1.54, 1.807) is 0 Å². The van der Waals surface area contributed by atoms with Crippen molar-refractivity contribution >= 4 is 21.6 Å². The summed E-state index contributed by atoms with van der Waals surface area (Å²) in [5.74, 6) is 0.530. The highest BCUT2D eigenvalue weighted by Crippen LogP contribution is 2.28. The summed E-state index contributed by atoms with van der Waals surface area (Å²) in [6.07, 6.45) is 3.80. The standard InChI is InChI=1S/C15H20N2S/c1-10(2)15-17-13-6-5-11(9-14(13)18-15)8-12-4-3-7-16-12/h5-6,9-10,12,16H,3-4,7-8H2,1-2H3. The number of rotatable bonds is 3. The topological polar surface area (TPSA) is 24.9 Å². The largest absolute Gasteiger partial charge is 0.314 e. The molecule has 1 saturated heterocycles. The van der Waals surface area contributed by atoms with Gasteiger partial charge in [0.15, 0.2) is 0 Å².